The van der Waals surface area contributed by atoms with Crippen molar-refractivity contribution in [1.82, 2.24) is 10.1 Å². The highest BCUT2D eigenvalue weighted by atomic mass is 35.5. The van der Waals surface area contributed by atoms with Gasteiger partial charge in [0.15, 0.2) is 5.82 Å². The van der Waals surface area contributed by atoms with Crippen molar-refractivity contribution in [3.63, 3.8) is 0 Å². The maximum absolute atomic E-state index is 10.6. The molecule has 0 unspecified atom stereocenters. The van der Waals surface area contributed by atoms with Crippen molar-refractivity contribution in [3.05, 3.63) is 40.2 Å². The van der Waals surface area contributed by atoms with Gasteiger partial charge in [-0.05, 0) is 6.07 Å². The summed E-state index contributed by atoms with van der Waals surface area (Å²) in [6, 6.07) is 5.96. The number of nitro benzene ring substituents is 1. The number of alkyl halides is 1. The number of aromatic nitrogens is 2. The predicted octanol–water partition coefficient (Wildman–Crippen LogP) is 2.38. The monoisotopic (exact) mass is 239 g/mol. The number of halogens is 1. The minimum absolute atomic E-state index is 0.0249. The number of nitro groups is 1. The second-order valence-corrected chi connectivity index (χ2v) is 3.22. The molecule has 0 spiro atoms. The van der Waals surface area contributed by atoms with E-state index in [-0.39, 0.29) is 17.5 Å². The maximum atomic E-state index is 10.6. The standard InChI is InChI=1S/C9H6ClN3O3/c10-5-8-11-9(16-12-8)6-2-1-3-7(4-6)13(14)15/h1-4H,5H2. The average molecular weight is 240 g/mol. The van der Waals surface area contributed by atoms with Gasteiger partial charge in [0.25, 0.3) is 11.6 Å². The molecule has 82 valence electrons. The van der Waals surface area contributed by atoms with Crippen LogP contribution in [0.5, 0.6) is 0 Å². The molecule has 0 aliphatic carbocycles. The zero-order valence-corrected chi connectivity index (χ0v) is 8.72. The van der Waals surface area contributed by atoms with Crippen molar-refractivity contribution in [1.29, 1.82) is 0 Å². The van der Waals surface area contributed by atoms with Crippen molar-refractivity contribution < 1.29 is 9.45 Å². The van der Waals surface area contributed by atoms with Crippen LogP contribution in [0.3, 0.4) is 0 Å². The summed E-state index contributed by atoms with van der Waals surface area (Å²) < 4.78 is 4.91. The van der Waals surface area contributed by atoms with Gasteiger partial charge in [0.2, 0.25) is 0 Å². The molecule has 0 radical (unpaired) electrons. The van der Waals surface area contributed by atoms with E-state index in [0.29, 0.717) is 11.4 Å². The van der Waals surface area contributed by atoms with Crippen LogP contribution in [-0.2, 0) is 5.88 Å². The minimum Gasteiger partial charge on any atom is -0.334 e. The first-order valence-electron chi connectivity index (χ1n) is 4.34. The highest BCUT2D eigenvalue weighted by molar-refractivity contribution is 6.16. The molecule has 0 amide bonds. The lowest BCUT2D eigenvalue weighted by Crippen LogP contribution is -1.88. The third-order valence-corrected chi connectivity index (χ3v) is 2.13. The SMILES string of the molecule is O=[N+]([O-])c1cccc(-c2nc(CCl)no2)c1. The summed E-state index contributed by atoms with van der Waals surface area (Å²) in [5.41, 5.74) is 0.473. The molecule has 0 saturated carbocycles. The van der Waals surface area contributed by atoms with E-state index in [4.69, 9.17) is 16.1 Å². The molecule has 0 saturated heterocycles. The molecule has 0 atom stereocenters. The van der Waals surface area contributed by atoms with E-state index in [1.54, 1.807) is 12.1 Å². The van der Waals surface area contributed by atoms with Crippen LogP contribution in [0.25, 0.3) is 11.5 Å². The molecule has 1 heterocycles. The highest BCUT2D eigenvalue weighted by Crippen LogP contribution is 2.22. The van der Waals surface area contributed by atoms with E-state index in [0.717, 1.165) is 0 Å². The Kier molecular flexibility index (Phi) is 2.82. The molecule has 0 N–H and O–H groups in total. The number of benzene rings is 1. The summed E-state index contributed by atoms with van der Waals surface area (Å²) in [4.78, 5) is 14.0. The Bertz CT molecular complexity index is 526. The second kappa shape index (κ2) is 4.28. The van der Waals surface area contributed by atoms with Crippen molar-refractivity contribution in [3.8, 4) is 11.5 Å². The third-order valence-electron chi connectivity index (χ3n) is 1.89. The second-order valence-electron chi connectivity index (χ2n) is 2.96. The van der Waals surface area contributed by atoms with Gasteiger partial charge in [-0.25, -0.2) is 0 Å². The fourth-order valence-electron chi connectivity index (χ4n) is 1.18. The normalized spacial score (nSPS) is 10.3. The van der Waals surface area contributed by atoms with Gasteiger partial charge in [0.1, 0.15) is 0 Å². The summed E-state index contributed by atoms with van der Waals surface area (Å²) in [5.74, 6) is 0.709. The molecule has 0 aliphatic heterocycles. The molecule has 1 aromatic carbocycles. The Hall–Kier alpha value is -1.95. The van der Waals surface area contributed by atoms with Gasteiger partial charge in [-0.2, -0.15) is 4.98 Å². The molecule has 0 bridgehead atoms. The van der Waals surface area contributed by atoms with Crippen LogP contribution in [-0.4, -0.2) is 15.1 Å². The summed E-state index contributed by atoms with van der Waals surface area (Å²) in [5, 5.41) is 14.2. The lowest BCUT2D eigenvalue weighted by atomic mass is 10.2. The van der Waals surface area contributed by atoms with Gasteiger partial charge >= 0.3 is 0 Å². The van der Waals surface area contributed by atoms with Crippen LogP contribution in [0.15, 0.2) is 28.8 Å². The highest BCUT2D eigenvalue weighted by Gasteiger charge is 2.12. The summed E-state index contributed by atoms with van der Waals surface area (Å²) >= 11 is 5.52. The molecular weight excluding hydrogens is 234 g/mol. The zero-order valence-electron chi connectivity index (χ0n) is 7.96. The molecule has 0 fully saturated rings. The molecule has 0 aliphatic rings. The zero-order chi connectivity index (χ0) is 11.5. The summed E-state index contributed by atoms with van der Waals surface area (Å²) in [6.07, 6.45) is 0. The van der Waals surface area contributed by atoms with Gasteiger partial charge in [-0.15, -0.1) is 11.6 Å². The third kappa shape index (κ3) is 2.01. The summed E-state index contributed by atoms with van der Waals surface area (Å²) in [7, 11) is 0. The average Bonchev–Trinajstić information content (AvgIpc) is 2.77. The van der Waals surface area contributed by atoms with Gasteiger partial charge < -0.3 is 4.52 Å². The lowest BCUT2D eigenvalue weighted by Gasteiger charge is -1.93. The molecule has 2 rings (SSSR count). The molecule has 6 nitrogen and oxygen atoms in total. The van der Waals surface area contributed by atoms with Crippen LogP contribution < -0.4 is 0 Å². The first-order chi connectivity index (χ1) is 7.70. The van der Waals surface area contributed by atoms with Crippen LogP contribution in [0.1, 0.15) is 5.82 Å². The lowest BCUT2D eigenvalue weighted by molar-refractivity contribution is -0.384. The molecular formula is C9H6ClN3O3. The van der Waals surface area contributed by atoms with E-state index in [9.17, 15) is 10.1 Å². The Morgan fingerprint density at radius 1 is 1.50 bits per heavy atom. The Morgan fingerprint density at radius 2 is 2.31 bits per heavy atom. The minimum atomic E-state index is -0.484. The largest absolute Gasteiger partial charge is 0.334 e. The van der Waals surface area contributed by atoms with Crippen molar-refractivity contribution >= 4 is 17.3 Å². The quantitative estimate of drug-likeness (QED) is 0.467. The molecule has 7 heteroatoms. The van der Waals surface area contributed by atoms with E-state index in [1.165, 1.54) is 12.1 Å². The topological polar surface area (TPSA) is 82.1 Å². The molecule has 1 aromatic heterocycles. The van der Waals surface area contributed by atoms with Crippen molar-refractivity contribution in [2.24, 2.45) is 0 Å². The van der Waals surface area contributed by atoms with Gasteiger partial charge in [0, 0.05) is 17.7 Å². The number of hydrogen-bond acceptors (Lipinski definition) is 5. The smallest absolute Gasteiger partial charge is 0.270 e. The number of nitrogens with zero attached hydrogens (tertiary/aromatic N) is 3. The maximum Gasteiger partial charge on any atom is 0.270 e. The van der Waals surface area contributed by atoms with Crippen LogP contribution in [0.2, 0.25) is 0 Å². The fraction of sp³-hybridized carbons (Fsp3) is 0.111. The van der Waals surface area contributed by atoms with Crippen molar-refractivity contribution in [2.75, 3.05) is 0 Å². The van der Waals surface area contributed by atoms with Crippen LogP contribution in [0, 0.1) is 10.1 Å². The van der Waals surface area contributed by atoms with E-state index < -0.39 is 4.92 Å². The first-order valence-corrected chi connectivity index (χ1v) is 4.87. The van der Waals surface area contributed by atoms with Gasteiger partial charge in [-0.1, -0.05) is 11.2 Å². The Labute approximate surface area is 95.0 Å². The summed E-state index contributed by atoms with van der Waals surface area (Å²) in [6.45, 7) is 0. The van der Waals surface area contributed by atoms with E-state index in [1.807, 2.05) is 0 Å². The number of rotatable bonds is 3. The van der Waals surface area contributed by atoms with Crippen LogP contribution >= 0.6 is 11.6 Å². The number of hydrogen-bond donors (Lipinski definition) is 0. The fourth-order valence-corrected chi connectivity index (χ4v) is 1.29. The molecule has 2 aromatic rings. The van der Waals surface area contributed by atoms with Crippen molar-refractivity contribution in [2.45, 2.75) is 5.88 Å². The first kappa shape index (κ1) is 10.6. The van der Waals surface area contributed by atoms with E-state index in [2.05, 4.69) is 10.1 Å². The van der Waals surface area contributed by atoms with Crippen LogP contribution in [0.4, 0.5) is 5.69 Å². The van der Waals surface area contributed by atoms with E-state index >= 15 is 0 Å². The number of non-ortho nitro benzene ring substituents is 1. The molecule has 16 heavy (non-hydrogen) atoms. The Morgan fingerprint density at radius 3 is 2.94 bits per heavy atom. The predicted molar refractivity (Wildman–Crippen MR) is 55.9 cm³/mol. The van der Waals surface area contributed by atoms with Gasteiger partial charge in [0.05, 0.1) is 10.8 Å². The Balaban J connectivity index is 2.40. The van der Waals surface area contributed by atoms with Gasteiger partial charge in [-0.3, -0.25) is 10.1 Å².